The highest BCUT2D eigenvalue weighted by Crippen LogP contribution is 2.24. The van der Waals surface area contributed by atoms with Gasteiger partial charge in [0.05, 0.1) is 0 Å². The average Bonchev–Trinajstić information content (AvgIpc) is 2.53. The van der Waals surface area contributed by atoms with Gasteiger partial charge in [0.15, 0.2) is 0 Å². The van der Waals surface area contributed by atoms with E-state index in [4.69, 9.17) is 11.6 Å². The Kier molecular flexibility index (Phi) is 5.52. The van der Waals surface area contributed by atoms with Crippen LogP contribution in [0.25, 0.3) is 0 Å². The van der Waals surface area contributed by atoms with Gasteiger partial charge in [0.1, 0.15) is 0 Å². The van der Waals surface area contributed by atoms with E-state index in [1.807, 2.05) is 24.3 Å². The third-order valence-electron chi connectivity index (χ3n) is 4.32. The molecule has 1 aliphatic rings. The molecule has 0 atom stereocenters. The number of hydrogen-bond donors (Lipinski definition) is 1. The van der Waals surface area contributed by atoms with Crippen LogP contribution in [0, 0.1) is 0 Å². The van der Waals surface area contributed by atoms with Gasteiger partial charge in [-0.2, -0.15) is 0 Å². The predicted molar refractivity (Wildman–Crippen MR) is 91.7 cm³/mol. The maximum absolute atomic E-state index is 12.3. The molecule has 0 unspecified atom stereocenters. The van der Waals surface area contributed by atoms with Crippen LogP contribution >= 0.6 is 11.6 Å². The highest BCUT2D eigenvalue weighted by molar-refractivity contribution is 6.30. The lowest BCUT2D eigenvalue weighted by molar-refractivity contribution is -0.130. The molecule has 1 N–H and O–H groups in total. The number of carbonyl (C=O) groups is 2. The molecule has 1 aromatic carbocycles. The highest BCUT2D eigenvalue weighted by atomic mass is 35.5. The summed E-state index contributed by atoms with van der Waals surface area (Å²) < 4.78 is 0. The van der Waals surface area contributed by atoms with E-state index < -0.39 is 0 Å². The second-order valence-corrected chi connectivity index (χ2v) is 6.98. The van der Waals surface area contributed by atoms with Crippen molar-refractivity contribution in [3.63, 3.8) is 0 Å². The van der Waals surface area contributed by atoms with Gasteiger partial charge in [-0.05, 0) is 17.7 Å². The topological polar surface area (TPSA) is 52.7 Å². The van der Waals surface area contributed by atoms with Crippen LogP contribution in [0.15, 0.2) is 24.3 Å². The van der Waals surface area contributed by atoms with Crippen LogP contribution in [0.5, 0.6) is 0 Å². The standard InChI is InChI=1S/C17H24ClN3O2/c1-13(22)20-8-10-21(11-9-20)16(23)19-12-17(2,3)14-4-6-15(18)7-5-14/h4-7H,8-12H2,1-3H3,(H,19,23). The summed E-state index contributed by atoms with van der Waals surface area (Å²) in [7, 11) is 0. The zero-order valence-electron chi connectivity index (χ0n) is 13.9. The van der Waals surface area contributed by atoms with E-state index in [1.54, 1.807) is 16.7 Å². The molecule has 23 heavy (non-hydrogen) atoms. The maximum atomic E-state index is 12.3. The summed E-state index contributed by atoms with van der Waals surface area (Å²) in [4.78, 5) is 27.1. The zero-order chi connectivity index (χ0) is 17.0. The Balaban J connectivity index is 1.86. The SMILES string of the molecule is CC(=O)N1CCN(C(=O)NCC(C)(C)c2ccc(Cl)cc2)CC1. The summed E-state index contributed by atoms with van der Waals surface area (Å²) >= 11 is 5.92. The molecule has 6 heteroatoms. The van der Waals surface area contributed by atoms with Crippen LogP contribution in [0.3, 0.4) is 0 Å². The molecular weight excluding hydrogens is 314 g/mol. The molecule has 0 aromatic heterocycles. The number of nitrogens with zero attached hydrogens (tertiary/aromatic N) is 2. The average molecular weight is 338 g/mol. The minimum atomic E-state index is -0.179. The van der Waals surface area contributed by atoms with Gasteiger partial charge in [0, 0.05) is 50.1 Å². The molecule has 0 bridgehead atoms. The lowest BCUT2D eigenvalue weighted by atomic mass is 9.85. The number of amides is 3. The summed E-state index contributed by atoms with van der Waals surface area (Å²) in [6.45, 7) is 8.63. The number of nitrogens with one attached hydrogen (secondary N) is 1. The Morgan fingerprint density at radius 2 is 1.61 bits per heavy atom. The number of benzene rings is 1. The Hall–Kier alpha value is -1.75. The Morgan fingerprint density at radius 3 is 2.13 bits per heavy atom. The monoisotopic (exact) mass is 337 g/mol. The molecule has 2 rings (SSSR count). The number of hydrogen-bond acceptors (Lipinski definition) is 2. The van der Waals surface area contributed by atoms with E-state index in [1.165, 1.54) is 0 Å². The quantitative estimate of drug-likeness (QED) is 0.921. The molecule has 3 amide bonds. The molecule has 0 aliphatic carbocycles. The highest BCUT2D eigenvalue weighted by Gasteiger charge is 2.25. The number of urea groups is 1. The molecule has 5 nitrogen and oxygen atoms in total. The van der Waals surface area contributed by atoms with Crippen molar-refractivity contribution in [2.24, 2.45) is 0 Å². The van der Waals surface area contributed by atoms with Gasteiger partial charge in [0.25, 0.3) is 0 Å². The van der Waals surface area contributed by atoms with Crippen molar-refractivity contribution in [3.8, 4) is 0 Å². The van der Waals surface area contributed by atoms with Crippen LogP contribution < -0.4 is 5.32 Å². The molecule has 1 fully saturated rings. The Bertz CT molecular complexity index is 564. The van der Waals surface area contributed by atoms with Gasteiger partial charge in [-0.1, -0.05) is 37.6 Å². The van der Waals surface area contributed by atoms with Crippen LogP contribution in [-0.4, -0.2) is 54.5 Å². The first kappa shape index (κ1) is 17.6. The molecule has 1 aliphatic heterocycles. The summed E-state index contributed by atoms with van der Waals surface area (Å²) in [6, 6.07) is 7.62. The fraction of sp³-hybridized carbons (Fsp3) is 0.529. The van der Waals surface area contributed by atoms with E-state index in [0.717, 1.165) is 5.56 Å². The van der Waals surface area contributed by atoms with Crippen LogP contribution in [0.1, 0.15) is 26.3 Å². The van der Waals surface area contributed by atoms with Gasteiger partial charge in [0.2, 0.25) is 5.91 Å². The summed E-state index contributed by atoms with van der Waals surface area (Å²) in [5.41, 5.74) is 0.949. The molecule has 0 spiro atoms. The Morgan fingerprint density at radius 1 is 1.09 bits per heavy atom. The van der Waals surface area contributed by atoms with Crippen LogP contribution in [0.4, 0.5) is 4.79 Å². The van der Waals surface area contributed by atoms with E-state index in [9.17, 15) is 9.59 Å². The van der Waals surface area contributed by atoms with E-state index in [-0.39, 0.29) is 17.4 Å². The smallest absolute Gasteiger partial charge is 0.317 e. The minimum Gasteiger partial charge on any atom is -0.339 e. The van der Waals surface area contributed by atoms with Gasteiger partial charge >= 0.3 is 6.03 Å². The second kappa shape index (κ2) is 7.21. The second-order valence-electron chi connectivity index (χ2n) is 6.54. The van der Waals surface area contributed by atoms with Crippen molar-refractivity contribution in [2.45, 2.75) is 26.2 Å². The first-order chi connectivity index (χ1) is 10.8. The van der Waals surface area contributed by atoms with Crippen LogP contribution in [-0.2, 0) is 10.2 Å². The first-order valence-corrected chi connectivity index (χ1v) is 8.22. The van der Waals surface area contributed by atoms with Gasteiger partial charge in [-0.15, -0.1) is 0 Å². The molecule has 0 radical (unpaired) electrons. The molecule has 0 saturated carbocycles. The van der Waals surface area contributed by atoms with Crippen molar-refractivity contribution in [2.75, 3.05) is 32.7 Å². The predicted octanol–water partition coefficient (Wildman–Crippen LogP) is 2.49. The molecule has 126 valence electrons. The third-order valence-corrected chi connectivity index (χ3v) is 4.57. The fourth-order valence-corrected chi connectivity index (χ4v) is 2.76. The van der Waals surface area contributed by atoms with Crippen molar-refractivity contribution in [1.29, 1.82) is 0 Å². The lowest BCUT2D eigenvalue weighted by Crippen LogP contribution is -2.53. The largest absolute Gasteiger partial charge is 0.339 e. The number of piperazine rings is 1. The van der Waals surface area contributed by atoms with Crippen LogP contribution in [0.2, 0.25) is 5.02 Å². The zero-order valence-corrected chi connectivity index (χ0v) is 14.7. The van der Waals surface area contributed by atoms with Gasteiger partial charge in [-0.3, -0.25) is 4.79 Å². The molecule has 1 aromatic rings. The summed E-state index contributed by atoms with van der Waals surface area (Å²) in [6.07, 6.45) is 0. The number of rotatable bonds is 3. The molecule has 1 heterocycles. The van der Waals surface area contributed by atoms with E-state index in [0.29, 0.717) is 37.7 Å². The normalized spacial score (nSPS) is 15.5. The third kappa shape index (κ3) is 4.61. The Labute approximate surface area is 142 Å². The van der Waals surface area contributed by atoms with Crippen molar-refractivity contribution in [1.82, 2.24) is 15.1 Å². The summed E-state index contributed by atoms with van der Waals surface area (Å²) in [5.74, 6) is 0.0638. The van der Waals surface area contributed by atoms with E-state index >= 15 is 0 Å². The first-order valence-electron chi connectivity index (χ1n) is 7.84. The maximum Gasteiger partial charge on any atom is 0.317 e. The van der Waals surface area contributed by atoms with E-state index in [2.05, 4.69) is 19.2 Å². The molecule has 1 saturated heterocycles. The van der Waals surface area contributed by atoms with Crippen molar-refractivity contribution >= 4 is 23.5 Å². The van der Waals surface area contributed by atoms with Gasteiger partial charge < -0.3 is 15.1 Å². The number of halogens is 1. The van der Waals surface area contributed by atoms with Crippen molar-refractivity contribution in [3.05, 3.63) is 34.9 Å². The number of carbonyl (C=O) groups excluding carboxylic acids is 2. The summed E-state index contributed by atoms with van der Waals surface area (Å²) in [5, 5.41) is 3.71. The van der Waals surface area contributed by atoms with Crippen molar-refractivity contribution < 1.29 is 9.59 Å². The van der Waals surface area contributed by atoms with Gasteiger partial charge in [-0.25, -0.2) is 4.79 Å². The molecular formula is C17H24ClN3O2. The fourth-order valence-electron chi connectivity index (χ4n) is 2.64. The lowest BCUT2D eigenvalue weighted by Gasteiger charge is -2.35. The minimum absolute atomic E-state index is 0.0638.